The molecule has 0 aromatic heterocycles. The number of para-hydroxylation sites is 1. The fourth-order valence-corrected chi connectivity index (χ4v) is 4.58. The molecule has 2 heterocycles. The average molecular weight is 483 g/mol. The van der Waals surface area contributed by atoms with E-state index in [0.29, 0.717) is 48.4 Å². The van der Waals surface area contributed by atoms with Crippen molar-refractivity contribution in [3.8, 4) is 0 Å². The molecule has 8 heteroatoms. The summed E-state index contributed by atoms with van der Waals surface area (Å²) in [5.74, 6) is -0.825. The summed E-state index contributed by atoms with van der Waals surface area (Å²) in [6.07, 6.45) is 0. The molecule has 4 amide bonds. The second-order valence-electron chi connectivity index (χ2n) is 8.92. The van der Waals surface area contributed by atoms with E-state index in [9.17, 15) is 19.2 Å². The van der Waals surface area contributed by atoms with Gasteiger partial charge in [-0.3, -0.25) is 29.0 Å². The monoisotopic (exact) mass is 482 g/mol. The van der Waals surface area contributed by atoms with Crippen molar-refractivity contribution in [3.63, 3.8) is 0 Å². The number of hydrogen-bond donors (Lipinski definition) is 1. The van der Waals surface area contributed by atoms with Crippen LogP contribution in [0.5, 0.6) is 0 Å². The Morgan fingerprint density at radius 2 is 1.39 bits per heavy atom. The number of rotatable bonds is 6. The van der Waals surface area contributed by atoms with Crippen molar-refractivity contribution in [1.82, 2.24) is 14.7 Å². The summed E-state index contributed by atoms with van der Waals surface area (Å²) in [4.78, 5) is 55.9. The molecule has 1 fully saturated rings. The first-order valence-corrected chi connectivity index (χ1v) is 11.9. The maximum atomic E-state index is 13.1. The number of anilines is 1. The van der Waals surface area contributed by atoms with Gasteiger partial charge in [-0.1, -0.05) is 42.5 Å². The van der Waals surface area contributed by atoms with Crippen LogP contribution in [0.4, 0.5) is 5.69 Å². The lowest BCUT2D eigenvalue weighted by Gasteiger charge is -2.34. The minimum atomic E-state index is -0.320. The molecule has 1 N–H and O–H groups in total. The predicted molar refractivity (Wildman–Crippen MR) is 135 cm³/mol. The van der Waals surface area contributed by atoms with Crippen molar-refractivity contribution in [3.05, 3.63) is 101 Å². The molecule has 0 spiro atoms. The Kier molecular flexibility index (Phi) is 6.60. The van der Waals surface area contributed by atoms with Crippen LogP contribution < -0.4 is 5.32 Å². The van der Waals surface area contributed by atoms with E-state index in [1.165, 1.54) is 4.90 Å². The summed E-state index contributed by atoms with van der Waals surface area (Å²) in [5.41, 5.74) is 2.80. The number of piperazine rings is 1. The van der Waals surface area contributed by atoms with E-state index in [4.69, 9.17) is 0 Å². The molecule has 2 aliphatic rings. The second kappa shape index (κ2) is 10.1. The maximum Gasteiger partial charge on any atom is 0.261 e. The number of hydrogen-bond acceptors (Lipinski definition) is 5. The number of carbonyl (C=O) groups is 4. The van der Waals surface area contributed by atoms with Gasteiger partial charge in [-0.15, -0.1) is 0 Å². The molecule has 0 aliphatic carbocycles. The molecular weight excluding hydrogens is 456 g/mol. The zero-order chi connectivity index (χ0) is 25.1. The van der Waals surface area contributed by atoms with Crippen LogP contribution in [0.1, 0.15) is 36.6 Å². The SMILES string of the molecule is O=C(CN1CCN(C(=O)c2cccc(CN3C(=O)c4ccccc4C3=O)c2)CC1)Nc1ccccc1. The lowest BCUT2D eigenvalue weighted by Crippen LogP contribution is -2.50. The lowest BCUT2D eigenvalue weighted by atomic mass is 10.1. The first-order chi connectivity index (χ1) is 17.5. The van der Waals surface area contributed by atoms with E-state index in [0.717, 1.165) is 5.69 Å². The van der Waals surface area contributed by atoms with E-state index < -0.39 is 0 Å². The van der Waals surface area contributed by atoms with Crippen LogP contribution in [0.3, 0.4) is 0 Å². The topological polar surface area (TPSA) is 90.0 Å². The Balaban J connectivity index is 1.16. The lowest BCUT2D eigenvalue weighted by molar-refractivity contribution is -0.117. The van der Waals surface area contributed by atoms with Gasteiger partial charge in [0.15, 0.2) is 0 Å². The molecule has 5 rings (SSSR count). The third kappa shape index (κ3) is 4.89. The first kappa shape index (κ1) is 23.4. The molecule has 0 bridgehead atoms. The van der Waals surface area contributed by atoms with Crippen molar-refractivity contribution in [2.24, 2.45) is 0 Å². The highest BCUT2D eigenvalue weighted by Crippen LogP contribution is 2.24. The largest absolute Gasteiger partial charge is 0.336 e. The molecular formula is C28H26N4O4. The second-order valence-corrected chi connectivity index (χ2v) is 8.92. The van der Waals surface area contributed by atoms with Crippen LogP contribution in [0, 0.1) is 0 Å². The molecule has 36 heavy (non-hydrogen) atoms. The Hall–Kier alpha value is -4.30. The van der Waals surface area contributed by atoms with Crippen molar-refractivity contribution < 1.29 is 19.2 Å². The highest BCUT2D eigenvalue weighted by molar-refractivity contribution is 6.21. The van der Waals surface area contributed by atoms with Crippen LogP contribution in [0.25, 0.3) is 0 Å². The van der Waals surface area contributed by atoms with E-state index in [1.807, 2.05) is 41.3 Å². The van der Waals surface area contributed by atoms with Crippen molar-refractivity contribution >= 4 is 29.3 Å². The third-order valence-corrected chi connectivity index (χ3v) is 6.48. The van der Waals surface area contributed by atoms with Gasteiger partial charge < -0.3 is 10.2 Å². The van der Waals surface area contributed by atoms with Crippen molar-refractivity contribution in [1.29, 1.82) is 0 Å². The zero-order valence-corrected chi connectivity index (χ0v) is 19.7. The van der Waals surface area contributed by atoms with Gasteiger partial charge in [0, 0.05) is 37.4 Å². The summed E-state index contributed by atoms with van der Waals surface area (Å²) in [5, 5.41) is 2.88. The molecule has 182 valence electrons. The molecule has 2 aliphatic heterocycles. The standard InChI is InChI=1S/C28H26N4O4/c33-25(29-22-9-2-1-3-10-22)19-30-13-15-31(16-14-30)26(34)21-8-6-7-20(17-21)18-32-27(35)23-11-4-5-12-24(23)28(32)36/h1-12,17H,13-16,18-19H2,(H,29,33). The number of nitrogens with zero attached hydrogens (tertiary/aromatic N) is 3. The van der Waals surface area contributed by atoms with Gasteiger partial charge in [0.2, 0.25) is 5.91 Å². The van der Waals surface area contributed by atoms with Crippen molar-refractivity contribution in [2.75, 3.05) is 38.0 Å². The van der Waals surface area contributed by atoms with Crippen LogP contribution in [0.2, 0.25) is 0 Å². The smallest absolute Gasteiger partial charge is 0.261 e. The summed E-state index contributed by atoms with van der Waals surface area (Å²) in [6, 6.07) is 23.2. The Morgan fingerprint density at radius 3 is 2.06 bits per heavy atom. The third-order valence-electron chi connectivity index (χ3n) is 6.48. The summed E-state index contributed by atoms with van der Waals surface area (Å²) < 4.78 is 0. The fraction of sp³-hybridized carbons (Fsp3) is 0.214. The molecule has 0 saturated carbocycles. The van der Waals surface area contributed by atoms with Crippen molar-refractivity contribution in [2.45, 2.75) is 6.54 Å². The molecule has 3 aromatic carbocycles. The number of imide groups is 1. The van der Waals surface area contributed by atoms with E-state index in [-0.39, 0.29) is 36.7 Å². The van der Waals surface area contributed by atoms with Gasteiger partial charge in [0.25, 0.3) is 17.7 Å². The number of fused-ring (bicyclic) bond motifs is 1. The van der Waals surface area contributed by atoms with E-state index in [1.54, 1.807) is 47.4 Å². The van der Waals surface area contributed by atoms with Gasteiger partial charge in [0.1, 0.15) is 0 Å². The average Bonchev–Trinajstić information content (AvgIpc) is 3.14. The summed E-state index contributed by atoms with van der Waals surface area (Å²) >= 11 is 0. The Bertz CT molecular complexity index is 1280. The van der Waals surface area contributed by atoms with Crippen LogP contribution in [-0.2, 0) is 11.3 Å². The van der Waals surface area contributed by atoms with Crippen LogP contribution in [0.15, 0.2) is 78.9 Å². The van der Waals surface area contributed by atoms with Gasteiger partial charge in [-0.05, 0) is 42.0 Å². The Labute approximate surface area is 209 Å². The molecule has 1 saturated heterocycles. The molecule has 0 unspecified atom stereocenters. The van der Waals surface area contributed by atoms with Gasteiger partial charge >= 0.3 is 0 Å². The minimum Gasteiger partial charge on any atom is -0.336 e. The predicted octanol–water partition coefficient (Wildman–Crippen LogP) is 2.88. The molecule has 3 aromatic rings. The molecule has 8 nitrogen and oxygen atoms in total. The molecule has 0 radical (unpaired) electrons. The van der Waals surface area contributed by atoms with E-state index in [2.05, 4.69) is 5.32 Å². The van der Waals surface area contributed by atoms with Crippen LogP contribution >= 0.6 is 0 Å². The summed E-state index contributed by atoms with van der Waals surface area (Å²) in [7, 11) is 0. The number of benzene rings is 3. The fourth-order valence-electron chi connectivity index (χ4n) is 4.58. The molecule has 0 atom stereocenters. The Morgan fingerprint density at radius 1 is 0.750 bits per heavy atom. The van der Waals surface area contributed by atoms with Gasteiger partial charge in [-0.25, -0.2) is 0 Å². The van der Waals surface area contributed by atoms with Crippen LogP contribution in [-0.4, -0.2) is 71.1 Å². The number of carbonyl (C=O) groups excluding carboxylic acids is 4. The van der Waals surface area contributed by atoms with Gasteiger partial charge in [-0.2, -0.15) is 0 Å². The number of nitrogens with one attached hydrogen (secondary N) is 1. The zero-order valence-electron chi connectivity index (χ0n) is 19.7. The normalized spacial score (nSPS) is 15.7. The highest BCUT2D eigenvalue weighted by Gasteiger charge is 2.35. The maximum absolute atomic E-state index is 13.1. The minimum absolute atomic E-state index is 0.0816. The highest BCUT2D eigenvalue weighted by atomic mass is 16.2. The summed E-state index contributed by atoms with van der Waals surface area (Å²) in [6.45, 7) is 2.61. The number of amides is 4. The quantitative estimate of drug-likeness (QED) is 0.546. The first-order valence-electron chi connectivity index (χ1n) is 11.9. The van der Waals surface area contributed by atoms with E-state index >= 15 is 0 Å². The van der Waals surface area contributed by atoms with Gasteiger partial charge in [0.05, 0.1) is 24.2 Å².